The van der Waals surface area contributed by atoms with E-state index in [0.29, 0.717) is 5.69 Å². The number of aromatic nitrogens is 1. The van der Waals surface area contributed by atoms with E-state index in [0.717, 1.165) is 4.90 Å². The normalized spacial score (nSPS) is 16.6. The molecular formula is C19H20N2O4. The largest absolute Gasteiger partial charge is 0.458 e. The zero-order valence-corrected chi connectivity index (χ0v) is 14.1. The first-order valence-electron chi connectivity index (χ1n) is 8.70. The van der Waals surface area contributed by atoms with Gasteiger partial charge in [-0.2, -0.15) is 0 Å². The van der Waals surface area contributed by atoms with Crippen LogP contribution in [-0.4, -0.2) is 33.7 Å². The average molecular weight is 341 g/mol. The van der Waals surface area contributed by atoms with E-state index in [1.165, 1.54) is 0 Å². The van der Waals surface area contributed by atoms with Gasteiger partial charge in [0.15, 0.2) is 0 Å². The van der Waals surface area contributed by atoms with Crippen LogP contribution in [0.4, 0.5) is 0 Å². The molecule has 0 radical (unpaired) electrons. The number of carbonyl (C=O) groups is 3. The maximum Gasteiger partial charge on any atom is 0.329 e. The van der Waals surface area contributed by atoms with E-state index in [1.807, 2.05) is 13.8 Å². The first-order valence-corrected chi connectivity index (χ1v) is 8.13. The van der Waals surface area contributed by atoms with Crippen LogP contribution < -0.4 is 0 Å². The second kappa shape index (κ2) is 6.93. The maximum atomic E-state index is 12.7. The molecule has 0 saturated carbocycles. The van der Waals surface area contributed by atoms with E-state index >= 15 is 0 Å². The Morgan fingerprint density at radius 3 is 2.32 bits per heavy atom. The molecule has 130 valence electrons. The number of aromatic amines is 1. The van der Waals surface area contributed by atoms with E-state index in [4.69, 9.17) is 6.11 Å². The molecule has 0 bridgehead atoms. The number of ether oxygens (including phenoxy) is 1. The smallest absolute Gasteiger partial charge is 0.329 e. The molecule has 0 saturated heterocycles. The van der Waals surface area contributed by atoms with E-state index < -0.39 is 30.4 Å². The van der Waals surface area contributed by atoms with Gasteiger partial charge in [-0.3, -0.25) is 14.5 Å². The average Bonchev–Trinajstić information content (AvgIpc) is 3.22. The highest BCUT2D eigenvalue weighted by Gasteiger charge is 2.43. The van der Waals surface area contributed by atoms with Crippen molar-refractivity contribution in [3.63, 3.8) is 0 Å². The minimum atomic E-state index is -1.25. The van der Waals surface area contributed by atoms with Crippen molar-refractivity contribution in [2.45, 2.75) is 32.9 Å². The lowest BCUT2D eigenvalue weighted by Crippen LogP contribution is -2.46. The number of nitrogens with one attached hydrogen (secondary N) is 1. The minimum absolute atomic E-state index is 0.0477. The summed E-state index contributed by atoms with van der Waals surface area (Å²) in [7, 11) is 0. The Hall–Kier alpha value is -2.89. The van der Waals surface area contributed by atoms with E-state index in [1.54, 1.807) is 42.6 Å². The van der Waals surface area contributed by atoms with Gasteiger partial charge in [-0.1, -0.05) is 26.0 Å². The van der Waals surface area contributed by atoms with Crippen LogP contribution in [0.3, 0.4) is 0 Å². The van der Waals surface area contributed by atoms with Gasteiger partial charge in [0.25, 0.3) is 11.8 Å². The Kier molecular flexibility index (Phi) is 4.33. The number of rotatable bonds is 6. The predicted molar refractivity (Wildman–Crippen MR) is 90.8 cm³/mol. The molecule has 1 N–H and O–H groups in total. The highest BCUT2D eigenvalue weighted by atomic mass is 16.5. The number of imide groups is 1. The summed E-state index contributed by atoms with van der Waals surface area (Å²) in [6, 6.07) is 8.75. The third kappa shape index (κ3) is 3.33. The monoisotopic (exact) mass is 341 g/mol. The number of H-pyrrole nitrogens is 1. The lowest BCUT2D eigenvalue weighted by molar-refractivity contribution is -0.150. The molecule has 3 rings (SSSR count). The van der Waals surface area contributed by atoms with Gasteiger partial charge in [-0.25, -0.2) is 4.79 Å². The molecule has 2 atom stereocenters. The second-order valence-corrected chi connectivity index (χ2v) is 6.35. The lowest BCUT2D eigenvalue weighted by Gasteiger charge is -2.25. The van der Waals surface area contributed by atoms with Crippen molar-refractivity contribution in [2.75, 3.05) is 0 Å². The molecule has 6 nitrogen and oxygen atoms in total. The molecule has 0 unspecified atom stereocenters. The maximum absolute atomic E-state index is 12.7. The topological polar surface area (TPSA) is 79.5 Å². The fourth-order valence-electron chi connectivity index (χ4n) is 2.86. The van der Waals surface area contributed by atoms with Crippen LogP contribution in [0.15, 0.2) is 42.6 Å². The van der Waals surface area contributed by atoms with Gasteiger partial charge >= 0.3 is 5.97 Å². The van der Waals surface area contributed by atoms with Gasteiger partial charge in [-0.15, -0.1) is 0 Å². The summed E-state index contributed by atoms with van der Waals surface area (Å²) in [4.78, 5) is 41.9. The third-order valence-corrected chi connectivity index (χ3v) is 4.03. The fraction of sp³-hybridized carbons (Fsp3) is 0.316. The van der Waals surface area contributed by atoms with Crippen molar-refractivity contribution in [1.82, 2.24) is 9.88 Å². The molecule has 2 amide bonds. The highest BCUT2D eigenvalue weighted by molar-refractivity contribution is 6.22. The number of carbonyl (C=O) groups excluding carboxylic acids is 3. The molecule has 1 aliphatic rings. The summed E-state index contributed by atoms with van der Waals surface area (Å²) in [5, 5.41) is 0. The quantitative estimate of drug-likeness (QED) is 0.647. The van der Waals surface area contributed by atoms with Crippen molar-refractivity contribution in [1.29, 1.82) is 0 Å². The van der Waals surface area contributed by atoms with Crippen LogP contribution in [0.2, 0.25) is 0 Å². The fourth-order valence-corrected chi connectivity index (χ4v) is 2.86. The van der Waals surface area contributed by atoms with Gasteiger partial charge in [0.2, 0.25) is 0 Å². The molecule has 0 aliphatic carbocycles. The zero-order chi connectivity index (χ0) is 18.8. The Bertz CT molecular complexity index is 797. The summed E-state index contributed by atoms with van der Waals surface area (Å²) in [6.45, 7) is 2.53. The van der Waals surface area contributed by atoms with Crippen LogP contribution in [0.25, 0.3) is 0 Å². The third-order valence-electron chi connectivity index (χ3n) is 4.03. The Morgan fingerprint density at radius 2 is 1.80 bits per heavy atom. The summed E-state index contributed by atoms with van der Waals surface area (Å²) in [6.07, 6.45) is 1.89. The van der Waals surface area contributed by atoms with Crippen molar-refractivity contribution >= 4 is 17.8 Å². The molecule has 2 heterocycles. The van der Waals surface area contributed by atoms with Crippen molar-refractivity contribution in [2.24, 2.45) is 5.92 Å². The van der Waals surface area contributed by atoms with Gasteiger partial charge in [0.05, 0.1) is 18.2 Å². The number of esters is 1. The van der Waals surface area contributed by atoms with Gasteiger partial charge in [0.1, 0.15) is 12.6 Å². The predicted octanol–water partition coefficient (Wildman–Crippen LogP) is 2.77. The van der Waals surface area contributed by atoms with Gasteiger partial charge in [-0.05, 0) is 36.6 Å². The van der Waals surface area contributed by atoms with Gasteiger partial charge < -0.3 is 9.72 Å². The van der Waals surface area contributed by atoms with Crippen LogP contribution in [0, 0.1) is 5.92 Å². The SMILES string of the molecule is [2H][C@@H](OC(=O)[C@H](CC(C)C)N1C(=O)c2ccccc2C1=O)c1ccc[nH]1. The van der Waals surface area contributed by atoms with E-state index in [-0.39, 0.29) is 23.5 Å². The van der Waals surface area contributed by atoms with E-state index in [2.05, 4.69) is 4.98 Å². The molecule has 0 fully saturated rings. The summed E-state index contributed by atoms with van der Waals surface area (Å²) in [5.41, 5.74) is 0.987. The first-order chi connectivity index (χ1) is 12.4. The molecule has 1 aromatic heterocycles. The van der Waals surface area contributed by atoms with Crippen molar-refractivity contribution < 1.29 is 20.5 Å². The number of fused-ring (bicyclic) bond motifs is 1. The summed E-state index contributed by atoms with van der Waals surface area (Å²) < 4.78 is 13.2. The number of benzene rings is 1. The van der Waals surface area contributed by atoms with E-state index in [9.17, 15) is 14.4 Å². The molecular weight excluding hydrogens is 320 g/mol. The number of hydrogen-bond donors (Lipinski definition) is 1. The second-order valence-electron chi connectivity index (χ2n) is 6.35. The molecule has 2 aromatic rings. The Labute approximate surface area is 147 Å². The number of amides is 2. The summed E-state index contributed by atoms with van der Waals surface area (Å²) >= 11 is 0. The molecule has 1 aromatic carbocycles. The minimum Gasteiger partial charge on any atom is -0.458 e. The molecule has 25 heavy (non-hydrogen) atoms. The summed E-state index contributed by atoms with van der Waals surface area (Å²) in [5.74, 6) is -1.72. The Balaban J connectivity index is 1.86. The van der Waals surface area contributed by atoms with Crippen LogP contribution >= 0.6 is 0 Å². The first kappa shape index (κ1) is 15.6. The Morgan fingerprint density at radius 1 is 1.16 bits per heavy atom. The lowest BCUT2D eigenvalue weighted by atomic mass is 10.0. The van der Waals surface area contributed by atoms with Gasteiger partial charge in [0, 0.05) is 6.20 Å². The molecule has 6 heteroatoms. The standard InChI is InChI=1S/C19H20N2O4/c1-12(2)10-16(19(24)25-11-13-6-5-9-20-13)21-17(22)14-7-3-4-8-15(14)18(21)23/h3-9,12,16,20H,10-11H2,1-2H3/t16-/m0/s1/i11D/t11-,16+/m1. The molecule has 1 aliphatic heterocycles. The van der Waals surface area contributed by atoms with Crippen LogP contribution in [0.5, 0.6) is 0 Å². The van der Waals surface area contributed by atoms with Crippen LogP contribution in [0.1, 0.15) is 48.0 Å². The van der Waals surface area contributed by atoms with Crippen LogP contribution in [-0.2, 0) is 16.1 Å². The van der Waals surface area contributed by atoms with Crippen molar-refractivity contribution in [3.05, 3.63) is 59.4 Å². The molecule has 0 spiro atoms. The zero-order valence-electron chi connectivity index (χ0n) is 15.1. The number of nitrogens with zero attached hydrogens (tertiary/aromatic N) is 1. The van der Waals surface area contributed by atoms with Crippen molar-refractivity contribution in [3.8, 4) is 0 Å². The number of hydrogen-bond acceptors (Lipinski definition) is 4. The highest BCUT2D eigenvalue weighted by Crippen LogP contribution is 2.27.